The molecule has 9 N–H and O–H groups in total. The van der Waals surface area contributed by atoms with Gasteiger partial charge < -0.3 is 45.4 Å². The number of ether oxygens (including phenoxy) is 1. The summed E-state index contributed by atoms with van der Waals surface area (Å²) in [6, 6.07) is -1.03. The summed E-state index contributed by atoms with van der Waals surface area (Å²) < 4.78 is 46.6. The van der Waals surface area contributed by atoms with Crippen LogP contribution in [0.3, 0.4) is 0 Å². The lowest BCUT2D eigenvalue weighted by atomic mass is 10.1. The zero-order chi connectivity index (χ0) is 23.2. The number of fused-ring (bicyclic) bond motifs is 1. The number of nitrogens with zero attached hydrogens (tertiary/aromatic N) is 4. The van der Waals surface area contributed by atoms with Crippen LogP contribution in [0.1, 0.15) is 6.23 Å². The monoisotopic (exact) mass is 502 g/mol. The van der Waals surface area contributed by atoms with Crippen molar-refractivity contribution in [1.29, 1.82) is 0 Å². The second-order valence-electron chi connectivity index (χ2n) is 6.94. The van der Waals surface area contributed by atoms with Crippen LogP contribution in [0, 0.1) is 0 Å². The highest BCUT2D eigenvalue weighted by atomic mass is 31.3. The van der Waals surface area contributed by atoms with Gasteiger partial charge in [0.1, 0.15) is 35.9 Å². The summed E-state index contributed by atoms with van der Waals surface area (Å²) in [5.74, 6) is -2.74. The molecule has 3 rings (SSSR count). The molecule has 6 atom stereocenters. The van der Waals surface area contributed by atoms with Gasteiger partial charge in [-0.3, -0.25) is 18.3 Å². The quantitative estimate of drug-likeness (QED) is 0.204. The summed E-state index contributed by atoms with van der Waals surface area (Å²) in [5.41, 5.74) is 12.3. The highest BCUT2D eigenvalue weighted by Crippen LogP contribution is 2.63. The van der Waals surface area contributed by atoms with Crippen molar-refractivity contribution in [3.63, 3.8) is 0 Å². The van der Waals surface area contributed by atoms with Gasteiger partial charge in [-0.25, -0.2) is 15.0 Å². The van der Waals surface area contributed by atoms with E-state index in [-0.39, 0.29) is 17.0 Å². The van der Waals surface area contributed by atoms with Crippen LogP contribution in [0.25, 0.3) is 11.2 Å². The molecule has 19 heteroatoms. The largest absolute Gasteiger partial charge is 0.389 e. The number of rotatable bonds is 8. The van der Waals surface area contributed by atoms with Gasteiger partial charge in [-0.1, -0.05) is 0 Å². The van der Waals surface area contributed by atoms with Gasteiger partial charge in [-0.15, -0.1) is 0 Å². The van der Waals surface area contributed by atoms with E-state index in [4.69, 9.17) is 30.5 Å². The second kappa shape index (κ2) is 8.58. The smallest absolute Gasteiger partial charge is 0.337 e. The minimum atomic E-state index is -4.90. The number of nitrogen functional groups attached to an aromatic ring is 1. The number of aliphatic hydroxyl groups excluding tert-OH is 1. The predicted octanol–water partition coefficient (Wildman–Crippen LogP) is -1.44. The lowest BCUT2D eigenvalue weighted by molar-refractivity contribution is -0.0400. The molecule has 174 valence electrons. The number of hydrogen-bond acceptors (Lipinski definition) is 11. The summed E-state index contributed by atoms with van der Waals surface area (Å²) in [6.07, 6.45) is -1.06. The van der Waals surface area contributed by atoms with E-state index in [1.54, 1.807) is 0 Å². The van der Waals surface area contributed by atoms with Gasteiger partial charge in [0, 0.05) is 0 Å². The molecule has 2 aromatic heterocycles. The fraction of sp³-hybridized carbons (Fsp3) is 0.583. The molecule has 0 spiro atoms. The average Bonchev–Trinajstić information content (AvgIpc) is 3.13. The Hall–Kier alpha value is -1.28. The van der Waals surface area contributed by atoms with Gasteiger partial charge in [0.15, 0.2) is 17.7 Å². The highest BCUT2D eigenvalue weighted by molar-refractivity contribution is 7.79. The lowest BCUT2D eigenvalue weighted by Gasteiger charge is -2.20. The molecule has 1 fully saturated rings. The standard InChI is InChI=1S/C12H21N6O10P3/c13-7-9(19)6(1-27-31(25,26)5-29(20,21)4-30(22,23)24)28-12(7)18-3-17-8-10(14)15-2-16-11(8)18/h2-3,6-7,9,12,19H,1,4-5,13H2,(H,20,21)(H,25,26)(H2,14,15,16)(H2,22,23,24)/t6-,7-,9-,12-/m1/s1. The number of aliphatic hydroxyl groups is 1. The zero-order valence-electron chi connectivity index (χ0n) is 15.6. The van der Waals surface area contributed by atoms with Crippen LogP contribution in [0.15, 0.2) is 12.7 Å². The molecule has 2 aromatic rings. The fourth-order valence-electron chi connectivity index (χ4n) is 3.05. The Balaban J connectivity index is 1.69. The Morgan fingerprint density at radius 2 is 1.81 bits per heavy atom. The van der Waals surface area contributed by atoms with E-state index >= 15 is 0 Å². The number of aromatic nitrogens is 4. The number of nitrogens with two attached hydrogens (primary N) is 2. The van der Waals surface area contributed by atoms with Crippen LogP contribution in [0.2, 0.25) is 0 Å². The molecule has 0 radical (unpaired) electrons. The van der Waals surface area contributed by atoms with Crippen LogP contribution in [-0.4, -0.2) is 80.9 Å². The maximum atomic E-state index is 12.1. The van der Waals surface area contributed by atoms with E-state index in [9.17, 15) is 28.6 Å². The zero-order valence-corrected chi connectivity index (χ0v) is 18.3. The summed E-state index contributed by atoms with van der Waals surface area (Å²) in [4.78, 5) is 48.9. The predicted molar refractivity (Wildman–Crippen MR) is 105 cm³/mol. The third-order valence-electron chi connectivity index (χ3n) is 4.33. The maximum Gasteiger partial charge on any atom is 0.337 e. The van der Waals surface area contributed by atoms with E-state index in [1.807, 2.05) is 0 Å². The Labute approximate surface area is 174 Å². The minimum Gasteiger partial charge on any atom is -0.389 e. The SMILES string of the molecule is Nc1ncnc2c1ncn2[C@@H]1O[C@H](COP(=O)(O)CP(=O)(O)CP(=O)(O)O)[C@@H](O)[C@H]1N. The van der Waals surface area contributed by atoms with Gasteiger partial charge in [0.25, 0.3) is 0 Å². The molecule has 0 amide bonds. The summed E-state index contributed by atoms with van der Waals surface area (Å²) in [5, 5.41) is 10.3. The molecular weight excluding hydrogens is 481 g/mol. The first-order valence-electron chi connectivity index (χ1n) is 8.53. The molecule has 1 saturated heterocycles. The third kappa shape index (κ3) is 5.75. The van der Waals surface area contributed by atoms with Gasteiger partial charge in [0.2, 0.25) is 7.37 Å². The molecular formula is C12H21N6O10P3. The van der Waals surface area contributed by atoms with E-state index in [2.05, 4.69) is 15.0 Å². The Bertz CT molecular complexity index is 1110. The first-order chi connectivity index (χ1) is 14.2. The highest BCUT2D eigenvalue weighted by Gasteiger charge is 2.45. The normalized spacial score (nSPS) is 28.5. The molecule has 0 bridgehead atoms. The Morgan fingerprint density at radius 1 is 1.13 bits per heavy atom. The molecule has 1 aliphatic heterocycles. The van der Waals surface area contributed by atoms with Gasteiger partial charge in [-0.05, 0) is 0 Å². The number of hydrogen-bond donors (Lipinski definition) is 7. The van der Waals surface area contributed by atoms with Crippen molar-refractivity contribution < 1.29 is 47.6 Å². The van der Waals surface area contributed by atoms with E-state index in [0.717, 1.165) is 0 Å². The molecule has 16 nitrogen and oxygen atoms in total. The van der Waals surface area contributed by atoms with Gasteiger partial charge >= 0.3 is 15.2 Å². The number of anilines is 1. The van der Waals surface area contributed by atoms with Crippen molar-refractivity contribution >= 4 is 39.5 Å². The van der Waals surface area contributed by atoms with E-state index in [1.165, 1.54) is 17.2 Å². The topological polar surface area (TPSA) is 266 Å². The van der Waals surface area contributed by atoms with Crippen LogP contribution in [0.5, 0.6) is 0 Å². The summed E-state index contributed by atoms with van der Waals surface area (Å²) >= 11 is 0. The molecule has 2 unspecified atom stereocenters. The van der Waals surface area contributed by atoms with Crippen molar-refractivity contribution in [2.24, 2.45) is 5.73 Å². The van der Waals surface area contributed by atoms with Crippen LogP contribution in [-0.2, 0) is 23.0 Å². The van der Waals surface area contributed by atoms with Crippen molar-refractivity contribution in [2.75, 3.05) is 24.1 Å². The molecule has 0 aromatic carbocycles. The fourth-order valence-corrected chi connectivity index (χ4v) is 9.46. The summed E-state index contributed by atoms with van der Waals surface area (Å²) in [7, 11) is -14.3. The third-order valence-corrected chi connectivity index (χ3v) is 11.3. The lowest BCUT2D eigenvalue weighted by Crippen LogP contribution is -2.40. The first kappa shape index (κ1) is 24.4. The molecule has 0 aliphatic carbocycles. The van der Waals surface area contributed by atoms with E-state index < -0.39 is 65.5 Å². The van der Waals surface area contributed by atoms with Gasteiger partial charge in [0.05, 0.1) is 19.0 Å². The summed E-state index contributed by atoms with van der Waals surface area (Å²) in [6.45, 7) is -0.696. The van der Waals surface area contributed by atoms with Crippen LogP contribution in [0.4, 0.5) is 5.82 Å². The van der Waals surface area contributed by atoms with Crippen LogP contribution >= 0.6 is 22.6 Å². The Kier molecular flexibility index (Phi) is 6.74. The maximum absolute atomic E-state index is 12.1. The molecule has 31 heavy (non-hydrogen) atoms. The minimum absolute atomic E-state index is 0.112. The van der Waals surface area contributed by atoms with Crippen molar-refractivity contribution in [3.8, 4) is 0 Å². The molecule has 0 saturated carbocycles. The average molecular weight is 502 g/mol. The van der Waals surface area contributed by atoms with Gasteiger partial charge in [-0.2, -0.15) is 0 Å². The van der Waals surface area contributed by atoms with Crippen molar-refractivity contribution in [1.82, 2.24) is 19.5 Å². The molecule has 3 heterocycles. The van der Waals surface area contributed by atoms with Crippen molar-refractivity contribution in [3.05, 3.63) is 12.7 Å². The number of imidazole rings is 1. The van der Waals surface area contributed by atoms with Crippen molar-refractivity contribution in [2.45, 2.75) is 24.5 Å². The van der Waals surface area contributed by atoms with Crippen LogP contribution < -0.4 is 11.5 Å². The van der Waals surface area contributed by atoms with E-state index in [0.29, 0.717) is 0 Å². The Morgan fingerprint density at radius 3 is 2.45 bits per heavy atom. The molecule has 1 aliphatic rings. The first-order valence-corrected chi connectivity index (χ1v) is 14.1. The second-order valence-corrected chi connectivity index (χ2v) is 13.8.